The van der Waals surface area contributed by atoms with Crippen LogP contribution in [0.1, 0.15) is 68.1 Å². The van der Waals surface area contributed by atoms with E-state index in [1.807, 2.05) is 18.7 Å². The van der Waals surface area contributed by atoms with Gasteiger partial charge in [0.1, 0.15) is 16.3 Å². The second-order valence-electron chi connectivity index (χ2n) is 7.82. The van der Waals surface area contributed by atoms with Gasteiger partial charge in [0, 0.05) is 12.1 Å². The number of amides is 1. The van der Waals surface area contributed by atoms with Crippen LogP contribution in [0.4, 0.5) is 0 Å². The molecule has 2 heterocycles. The third-order valence-electron chi connectivity index (χ3n) is 5.50. The van der Waals surface area contributed by atoms with Crippen LogP contribution in [-0.2, 0) is 16.1 Å². The summed E-state index contributed by atoms with van der Waals surface area (Å²) in [5.41, 5.74) is 0.274. The first-order valence-electron chi connectivity index (χ1n) is 10.3. The highest BCUT2D eigenvalue weighted by atomic mass is 32.1. The van der Waals surface area contributed by atoms with E-state index in [9.17, 15) is 14.4 Å². The second kappa shape index (κ2) is 9.07. The Morgan fingerprint density at radius 2 is 2.00 bits per heavy atom. The highest BCUT2D eigenvalue weighted by Crippen LogP contribution is 2.28. The fourth-order valence-corrected chi connectivity index (χ4v) is 5.20. The largest absolute Gasteiger partial charge is 0.462 e. The Hall–Kier alpha value is -2.22. The predicted molar refractivity (Wildman–Crippen MR) is 113 cm³/mol. The van der Waals surface area contributed by atoms with E-state index in [2.05, 4.69) is 4.98 Å². The lowest BCUT2D eigenvalue weighted by Crippen LogP contribution is -2.47. The monoisotopic (exact) mass is 419 g/mol. The van der Waals surface area contributed by atoms with Gasteiger partial charge in [-0.25, -0.2) is 9.78 Å². The van der Waals surface area contributed by atoms with Crippen molar-refractivity contribution in [2.24, 2.45) is 0 Å². The number of esters is 1. The van der Waals surface area contributed by atoms with Gasteiger partial charge in [0.2, 0.25) is 5.91 Å². The summed E-state index contributed by atoms with van der Waals surface area (Å²) in [5, 5.41) is 0.391. The van der Waals surface area contributed by atoms with Crippen LogP contribution >= 0.6 is 11.3 Å². The maximum absolute atomic E-state index is 13.1. The van der Waals surface area contributed by atoms with E-state index in [-0.39, 0.29) is 36.7 Å². The molecule has 0 N–H and O–H groups in total. The molecular weight excluding hydrogens is 390 g/mol. The Morgan fingerprint density at radius 3 is 2.62 bits per heavy atom. The minimum Gasteiger partial charge on any atom is -0.462 e. The normalized spacial score (nSPS) is 15.1. The third-order valence-corrected chi connectivity index (χ3v) is 6.68. The Labute approximate surface area is 174 Å². The molecule has 1 aliphatic carbocycles. The number of hydrogen-bond donors (Lipinski definition) is 0. The van der Waals surface area contributed by atoms with Crippen LogP contribution in [0.5, 0.6) is 0 Å². The standard InChI is InChI=1S/C21H29N3O4S/c1-5-28-21(27)18-14(4)17-19(29-18)22-12-23(20(17)26)11-16(25)24(13(2)3)15-9-7-6-8-10-15/h12-13,15H,5-11H2,1-4H3. The quantitative estimate of drug-likeness (QED) is 0.669. The minimum absolute atomic E-state index is 0.0412. The van der Waals surface area contributed by atoms with Gasteiger partial charge in [-0.15, -0.1) is 11.3 Å². The molecule has 1 aliphatic rings. The number of carbonyl (C=O) groups is 2. The number of aryl methyl sites for hydroxylation is 1. The van der Waals surface area contributed by atoms with E-state index in [1.54, 1.807) is 13.8 Å². The van der Waals surface area contributed by atoms with Crippen molar-refractivity contribution in [1.82, 2.24) is 14.5 Å². The highest BCUT2D eigenvalue weighted by molar-refractivity contribution is 7.20. The number of thiophene rings is 1. The fourth-order valence-electron chi connectivity index (χ4n) is 4.16. The van der Waals surface area contributed by atoms with E-state index >= 15 is 0 Å². The van der Waals surface area contributed by atoms with E-state index in [1.165, 1.54) is 17.3 Å². The number of nitrogens with zero attached hydrogens (tertiary/aromatic N) is 3. The van der Waals surface area contributed by atoms with Gasteiger partial charge >= 0.3 is 5.97 Å². The summed E-state index contributed by atoms with van der Waals surface area (Å²) in [5.74, 6) is -0.507. The molecule has 0 radical (unpaired) electrons. The zero-order valence-electron chi connectivity index (χ0n) is 17.6. The molecule has 8 heteroatoms. The van der Waals surface area contributed by atoms with Crippen molar-refractivity contribution >= 4 is 33.4 Å². The molecule has 1 amide bonds. The van der Waals surface area contributed by atoms with E-state index in [0.29, 0.717) is 20.7 Å². The summed E-state index contributed by atoms with van der Waals surface area (Å²) in [6.07, 6.45) is 6.94. The fraction of sp³-hybridized carbons (Fsp3) is 0.619. The van der Waals surface area contributed by atoms with Gasteiger partial charge in [-0.1, -0.05) is 19.3 Å². The first-order chi connectivity index (χ1) is 13.8. The molecule has 0 aliphatic heterocycles. The van der Waals surface area contributed by atoms with Gasteiger partial charge in [-0.3, -0.25) is 14.2 Å². The second-order valence-corrected chi connectivity index (χ2v) is 8.82. The van der Waals surface area contributed by atoms with Crippen molar-refractivity contribution in [3.05, 3.63) is 27.1 Å². The molecule has 1 saturated carbocycles. The number of aromatic nitrogens is 2. The van der Waals surface area contributed by atoms with Gasteiger partial charge in [-0.05, 0) is 46.1 Å². The maximum Gasteiger partial charge on any atom is 0.348 e. The first-order valence-corrected chi connectivity index (χ1v) is 11.1. The van der Waals surface area contributed by atoms with Crippen molar-refractivity contribution in [3.63, 3.8) is 0 Å². The zero-order chi connectivity index (χ0) is 21.1. The van der Waals surface area contributed by atoms with Gasteiger partial charge in [0.05, 0.1) is 18.3 Å². The van der Waals surface area contributed by atoms with Crippen molar-refractivity contribution in [2.45, 2.75) is 78.4 Å². The van der Waals surface area contributed by atoms with Crippen LogP contribution in [0.2, 0.25) is 0 Å². The molecule has 0 spiro atoms. The van der Waals surface area contributed by atoms with E-state index in [4.69, 9.17) is 4.74 Å². The molecule has 0 bridgehead atoms. The van der Waals surface area contributed by atoms with E-state index < -0.39 is 5.97 Å². The number of fused-ring (bicyclic) bond motifs is 1. The topological polar surface area (TPSA) is 81.5 Å². The summed E-state index contributed by atoms with van der Waals surface area (Å²) in [6.45, 7) is 7.73. The predicted octanol–water partition coefficient (Wildman–Crippen LogP) is 3.51. The lowest BCUT2D eigenvalue weighted by molar-refractivity contribution is -0.137. The average Bonchev–Trinajstić information content (AvgIpc) is 3.02. The molecule has 3 rings (SSSR count). The molecule has 2 aromatic heterocycles. The smallest absolute Gasteiger partial charge is 0.348 e. The van der Waals surface area contributed by atoms with Crippen molar-refractivity contribution in [3.8, 4) is 0 Å². The lowest BCUT2D eigenvalue weighted by atomic mass is 9.93. The molecular formula is C21H29N3O4S. The Morgan fingerprint density at radius 1 is 1.31 bits per heavy atom. The molecule has 2 aromatic rings. The van der Waals surface area contributed by atoms with Crippen LogP contribution in [0, 0.1) is 6.92 Å². The minimum atomic E-state index is -0.446. The van der Waals surface area contributed by atoms with Gasteiger partial charge in [-0.2, -0.15) is 0 Å². The van der Waals surface area contributed by atoms with Crippen molar-refractivity contribution in [1.29, 1.82) is 0 Å². The van der Waals surface area contributed by atoms with Crippen molar-refractivity contribution < 1.29 is 14.3 Å². The van der Waals surface area contributed by atoms with Crippen LogP contribution < -0.4 is 5.56 Å². The third kappa shape index (κ3) is 4.37. The van der Waals surface area contributed by atoms with Gasteiger partial charge in [0.25, 0.3) is 5.56 Å². The summed E-state index contributed by atoms with van der Waals surface area (Å²) < 4.78 is 6.43. The summed E-state index contributed by atoms with van der Waals surface area (Å²) in [7, 11) is 0. The first kappa shape index (κ1) is 21.5. The molecule has 0 aromatic carbocycles. The van der Waals surface area contributed by atoms with Crippen molar-refractivity contribution in [2.75, 3.05) is 6.61 Å². The maximum atomic E-state index is 13.1. The Kier molecular flexibility index (Phi) is 6.72. The number of hydrogen-bond acceptors (Lipinski definition) is 6. The molecule has 1 fully saturated rings. The molecule has 0 saturated heterocycles. The summed E-state index contributed by atoms with van der Waals surface area (Å²) in [6, 6.07) is 0.318. The zero-order valence-corrected chi connectivity index (χ0v) is 18.4. The lowest BCUT2D eigenvalue weighted by Gasteiger charge is -2.37. The average molecular weight is 420 g/mol. The Balaban J connectivity index is 1.90. The van der Waals surface area contributed by atoms with Gasteiger partial charge in [0.15, 0.2) is 0 Å². The molecule has 0 unspecified atom stereocenters. The molecule has 158 valence electrons. The van der Waals surface area contributed by atoms with Gasteiger partial charge < -0.3 is 9.64 Å². The highest BCUT2D eigenvalue weighted by Gasteiger charge is 2.28. The SMILES string of the molecule is CCOC(=O)c1sc2ncn(CC(=O)N(C(C)C)C3CCCCC3)c(=O)c2c1C. The summed E-state index contributed by atoms with van der Waals surface area (Å²) in [4.78, 5) is 45.4. The van der Waals surface area contributed by atoms with Crippen LogP contribution in [0.3, 0.4) is 0 Å². The molecule has 7 nitrogen and oxygen atoms in total. The number of rotatable bonds is 6. The molecule has 29 heavy (non-hydrogen) atoms. The van der Waals surface area contributed by atoms with Crippen LogP contribution in [0.15, 0.2) is 11.1 Å². The number of carbonyl (C=O) groups excluding carboxylic acids is 2. The molecule has 0 atom stereocenters. The van der Waals surface area contributed by atoms with E-state index in [0.717, 1.165) is 37.0 Å². The summed E-state index contributed by atoms with van der Waals surface area (Å²) >= 11 is 1.15. The Bertz CT molecular complexity index is 957. The van der Waals surface area contributed by atoms with Crippen LogP contribution in [-0.4, -0.2) is 45.0 Å². The van der Waals surface area contributed by atoms with Crippen LogP contribution in [0.25, 0.3) is 10.2 Å². The number of ether oxygens (including phenoxy) is 1.